The number of rotatable bonds is 2. The molecule has 0 atom stereocenters. The van der Waals surface area contributed by atoms with E-state index in [2.05, 4.69) is 4.90 Å². The fourth-order valence-corrected chi connectivity index (χ4v) is 4.41. The highest BCUT2D eigenvalue weighted by Gasteiger charge is 2.36. The quantitative estimate of drug-likeness (QED) is 0.553. The maximum atomic E-state index is 13.3. The molecule has 2 heterocycles. The Balaban J connectivity index is 1.70. The fourth-order valence-electron chi connectivity index (χ4n) is 4.04. The van der Waals surface area contributed by atoms with Gasteiger partial charge in [0, 0.05) is 45.7 Å². The van der Waals surface area contributed by atoms with Gasteiger partial charge >= 0.3 is 0 Å². The van der Waals surface area contributed by atoms with Crippen molar-refractivity contribution in [1.82, 2.24) is 0 Å². The average Bonchev–Trinajstić information content (AvgIpc) is 2.74. The average molecular weight is 427 g/mol. The second-order valence-electron chi connectivity index (χ2n) is 7.00. The summed E-state index contributed by atoms with van der Waals surface area (Å²) < 4.78 is 5.45. The lowest BCUT2D eigenvalue weighted by atomic mass is 9.92. The normalized spacial score (nSPS) is 16.6. The molecule has 7 heteroatoms. The second-order valence-corrected chi connectivity index (χ2v) is 7.84. The molecule has 0 aliphatic carbocycles. The summed E-state index contributed by atoms with van der Waals surface area (Å²) in [5.41, 5.74) is 2.24. The van der Waals surface area contributed by atoms with Gasteiger partial charge in [-0.25, -0.2) is 4.90 Å². The summed E-state index contributed by atoms with van der Waals surface area (Å²) in [6, 6.07) is 14.0. The standard InChI is InChI=1S/C22H16Cl2N2O3/c23-13-4-6-17(24)19(12-13)26-21(27)15-3-1-2-14-18(25-8-10-29-11-9-25)7-5-16(20(14)15)22(26)28/h1-7,12H,8-11H2. The number of nitrogens with zero attached hydrogens (tertiary/aromatic N) is 2. The molecule has 3 aromatic rings. The Hall–Kier alpha value is -2.60. The van der Waals surface area contributed by atoms with Gasteiger partial charge in [-0.15, -0.1) is 0 Å². The van der Waals surface area contributed by atoms with Crippen molar-refractivity contribution in [2.45, 2.75) is 0 Å². The number of imide groups is 1. The van der Waals surface area contributed by atoms with Gasteiger partial charge in [-0.1, -0.05) is 35.3 Å². The molecule has 0 aromatic heterocycles. The van der Waals surface area contributed by atoms with E-state index in [0.717, 1.165) is 29.1 Å². The molecule has 0 radical (unpaired) electrons. The number of anilines is 2. The highest BCUT2D eigenvalue weighted by molar-refractivity contribution is 6.41. The van der Waals surface area contributed by atoms with E-state index in [1.807, 2.05) is 18.2 Å². The summed E-state index contributed by atoms with van der Waals surface area (Å²) in [4.78, 5) is 30.0. The Morgan fingerprint density at radius 3 is 2.31 bits per heavy atom. The van der Waals surface area contributed by atoms with E-state index in [4.69, 9.17) is 27.9 Å². The molecule has 5 rings (SSSR count). The molecule has 5 nitrogen and oxygen atoms in total. The van der Waals surface area contributed by atoms with Gasteiger partial charge < -0.3 is 9.64 Å². The molecule has 0 N–H and O–H groups in total. The minimum atomic E-state index is -0.406. The van der Waals surface area contributed by atoms with Crippen molar-refractivity contribution in [3.05, 3.63) is 69.7 Å². The summed E-state index contributed by atoms with van der Waals surface area (Å²) in [5, 5.41) is 2.26. The minimum Gasteiger partial charge on any atom is -0.378 e. The summed E-state index contributed by atoms with van der Waals surface area (Å²) in [7, 11) is 0. The molecular formula is C22H16Cl2N2O3. The van der Waals surface area contributed by atoms with Crippen LogP contribution in [-0.2, 0) is 4.74 Å². The number of carbonyl (C=O) groups is 2. The number of halogens is 2. The first-order valence-electron chi connectivity index (χ1n) is 9.28. The maximum Gasteiger partial charge on any atom is 0.266 e. The first kappa shape index (κ1) is 18.4. The Bertz CT molecular complexity index is 1150. The lowest BCUT2D eigenvalue weighted by Crippen LogP contribution is -2.41. The van der Waals surface area contributed by atoms with Crippen LogP contribution >= 0.6 is 23.2 Å². The van der Waals surface area contributed by atoms with E-state index in [1.54, 1.807) is 24.3 Å². The van der Waals surface area contributed by atoms with Gasteiger partial charge in [-0.2, -0.15) is 0 Å². The second kappa shape index (κ2) is 7.02. The third-order valence-corrected chi connectivity index (χ3v) is 5.94. The van der Waals surface area contributed by atoms with Crippen LogP contribution < -0.4 is 9.80 Å². The van der Waals surface area contributed by atoms with E-state index >= 15 is 0 Å². The van der Waals surface area contributed by atoms with Crippen LogP contribution in [0.5, 0.6) is 0 Å². The van der Waals surface area contributed by atoms with E-state index in [-0.39, 0.29) is 10.7 Å². The van der Waals surface area contributed by atoms with Gasteiger partial charge in [0.05, 0.1) is 23.9 Å². The zero-order chi connectivity index (χ0) is 20.1. The van der Waals surface area contributed by atoms with Crippen LogP contribution in [0.15, 0.2) is 48.5 Å². The third kappa shape index (κ3) is 2.89. The number of hydrogen-bond donors (Lipinski definition) is 0. The van der Waals surface area contributed by atoms with Crippen molar-refractivity contribution in [1.29, 1.82) is 0 Å². The van der Waals surface area contributed by atoms with Gasteiger partial charge in [0.2, 0.25) is 0 Å². The number of carbonyl (C=O) groups excluding carboxylic acids is 2. The lowest BCUT2D eigenvalue weighted by molar-refractivity contribution is 0.0893. The van der Waals surface area contributed by atoms with Crippen molar-refractivity contribution in [3.63, 3.8) is 0 Å². The minimum absolute atomic E-state index is 0.286. The van der Waals surface area contributed by atoms with Crippen LogP contribution in [0.4, 0.5) is 11.4 Å². The first-order chi connectivity index (χ1) is 14.1. The predicted molar refractivity (Wildman–Crippen MR) is 115 cm³/mol. The Labute approximate surface area is 177 Å². The zero-order valence-electron chi connectivity index (χ0n) is 15.3. The molecule has 2 aliphatic heterocycles. The van der Waals surface area contributed by atoms with Crippen molar-refractivity contribution in [2.24, 2.45) is 0 Å². The Kier molecular flexibility index (Phi) is 4.46. The Morgan fingerprint density at radius 2 is 1.55 bits per heavy atom. The van der Waals surface area contributed by atoms with Crippen LogP contribution in [-0.4, -0.2) is 38.1 Å². The molecule has 0 saturated carbocycles. The fraction of sp³-hybridized carbons (Fsp3) is 0.182. The van der Waals surface area contributed by atoms with Crippen LogP contribution in [0.2, 0.25) is 10.0 Å². The zero-order valence-corrected chi connectivity index (χ0v) is 16.8. The molecule has 1 saturated heterocycles. The summed E-state index contributed by atoms with van der Waals surface area (Å²) in [6.07, 6.45) is 0. The summed E-state index contributed by atoms with van der Waals surface area (Å²) >= 11 is 12.4. The van der Waals surface area contributed by atoms with Crippen LogP contribution in [0, 0.1) is 0 Å². The van der Waals surface area contributed by atoms with E-state index in [9.17, 15) is 9.59 Å². The SMILES string of the molecule is O=C1c2cccc3c(N4CCOCC4)ccc(c23)C(=O)N1c1cc(Cl)ccc1Cl. The number of ether oxygens (including phenoxy) is 1. The van der Waals surface area contributed by atoms with Gasteiger partial charge in [0.25, 0.3) is 11.8 Å². The largest absolute Gasteiger partial charge is 0.378 e. The molecule has 146 valence electrons. The molecule has 29 heavy (non-hydrogen) atoms. The highest BCUT2D eigenvalue weighted by Crippen LogP contribution is 2.39. The van der Waals surface area contributed by atoms with Gasteiger partial charge in [-0.3, -0.25) is 9.59 Å². The predicted octanol–water partition coefficient (Wildman–Crippen LogP) is 4.78. The van der Waals surface area contributed by atoms with Crippen LogP contribution in [0.25, 0.3) is 10.8 Å². The number of benzene rings is 3. The molecular weight excluding hydrogens is 411 g/mol. The van der Waals surface area contributed by atoms with E-state index in [0.29, 0.717) is 34.7 Å². The number of amides is 2. The molecule has 0 bridgehead atoms. The molecule has 2 amide bonds. The summed E-state index contributed by atoms with van der Waals surface area (Å²) in [5.74, 6) is -0.812. The molecule has 0 spiro atoms. The van der Waals surface area contributed by atoms with Crippen LogP contribution in [0.1, 0.15) is 20.7 Å². The molecule has 3 aromatic carbocycles. The first-order valence-corrected chi connectivity index (χ1v) is 10.0. The number of morpholine rings is 1. The maximum absolute atomic E-state index is 13.3. The smallest absolute Gasteiger partial charge is 0.266 e. The summed E-state index contributed by atoms with van der Waals surface area (Å²) in [6.45, 7) is 2.85. The molecule has 2 aliphatic rings. The van der Waals surface area contributed by atoms with Crippen molar-refractivity contribution in [2.75, 3.05) is 36.1 Å². The number of hydrogen-bond acceptors (Lipinski definition) is 4. The van der Waals surface area contributed by atoms with E-state index < -0.39 is 11.8 Å². The third-order valence-electron chi connectivity index (χ3n) is 5.39. The van der Waals surface area contributed by atoms with Crippen molar-refractivity contribution in [3.8, 4) is 0 Å². The molecule has 0 unspecified atom stereocenters. The lowest BCUT2D eigenvalue weighted by Gasteiger charge is -2.32. The van der Waals surface area contributed by atoms with Crippen LogP contribution in [0.3, 0.4) is 0 Å². The van der Waals surface area contributed by atoms with Crippen molar-refractivity contribution >= 4 is 57.2 Å². The van der Waals surface area contributed by atoms with Gasteiger partial charge in [-0.05, 0) is 36.4 Å². The molecule has 1 fully saturated rings. The Morgan fingerprint density at radius 1 is 0.828 bits per heavy atom. The monoisotopic (exact) mass is 426 g/mol. The van der Waals surface area contributed by atoms with E-state index in [1.165, 1.54) is 6.07 Å². The van der Waals surface area contributed by atoms with Crippen molar-refractivity contribution < 1.29 is 14.3 Å². The topological polar surface area (TPSA) is 49.9 Å². The highest BCUT2D eigenvalue weighted by atomic mass is 35.5. The van der Waals surface area contributed by atoms with Gasteiger partial charge in [0.1, 0.15) is 0 Å². The van der Waals surface area contributed by atoms with Gasteiger partial charge in [0.15, 0.2) is 0 Å².